The molecule has 220 valence electrons. The molecular formula is C35H29NO6PS+. The van der Waals surface area contributed by atoms with Crippen molar-refractivity contribution in [1.82, 2.24) is 0 Å². The number of benzene rings is 5. The van der Waals surface area contributed by atoms with Crippen LogP contribution < -0.4 is 4.72 Å². The van der Waals surface area contributed by atoms with Gasteiger partial charge in [0, 0.05) is 21.1 Å². The molecule has 2 unspecified atom stereocenters. The average Bonchev–Trinajstić information content (AvgIpc) is 3.39. The van der Waals surface area contributed by atoms with Gasteiger partial charge in [0.15, 0.2) is 5.76 Å². The van der Waals surface area contributed by atoms with Crippen LogP contribution in [-0.4, -0.2) is 13.3 Å². The quantitative estimate of drug-likeness (QED) is 0.157. The van der Waals surface area contributed by atoms with Gasteiger partial charge in [0.25, 0.3) is 10.0 Å². The van der Waals surface area contributed by atoms with Crippen molar-refractivity contribution in [2.24, 2.45) is 0 Å². The Morgan fingerprint density at radius 3 is 2.09 bits per heavy atom. The maximum atomic E-state index is 13.9. The number of anilines is 1. The predicted molar refractivity (Wildman–Crippen MR) is 172 cm³/mol. The highest BCUT2D eigenvalue weighted by atomic mass is 32.2. The van der Waals surface area contributed by atoms with E-state index < -0.39 is 23.9 Å². The number of sulfonamides is 1. The van der Waals surface area contributed by atoms with Crippen LogP contribution >= 0.6 is 8.25 Å². The summed E-state index contributed by atoms with van der Waals surface area (Å²) >= 11 is 0. The molecule has 0 aliphatic rings. The highest BCUT2D eigenvalue weighted by Gasteiger charge is 2.53. The van der Waals surface area contributed by atoms with E-state index in [2.05, 4.69) is 4.72 Å². The van der Waals surface area contributed by atoms with Crippen LogP contribution in [-0.2, 0) is 24.7 Å². The van der Waals surface area contributed by atoms with Gasteiger partial charge in [-0.15, -0.1) is 4.89 Å². The third-order valence-corrected chi connectivity index (χ3v) is 9.38. The van der Waals surface area contributed by atoms with Gasteiger partial charge in [0.1, 0.15) is 11.3 Å². The molecular weight excluding hydrogens is 593 g/mol. The molecule has 0 radical (unpaired) electrons. The van der Waals surface area contributed by atoms with E-state index in [1.54, 1.807) is 60.7 Å². The lowest BCUT2D eigenvalue weighted by Gasteiger charge is -2.31. The zero-order valence-electron chi connectivity index (χ0n) is 24.0. The van der Waals surface area contributed by atoms with E-state index in [1.165, 1.54) is 12.1 Å². The average molecular weight is 623 g/mol. The molecule has 44 heavy (non-hydrogen) atoms. The molecule has 6 rings (SSSR count). The molecule has 2 N–H and O–H groups in total. The maximum Gasteiger partial charge on any atom is 0.696 e. The van der Waals surface area contributed by atoms with Gasteiger partial charge in [0.2, 0.25) is 5.60 Å². The van der Waals surface area contributed by atoms with Crippen molar-refractivity contribution in [1.29, 1.82) is 0 Å². The zero-order valence-corrected chi connectivity index (χ0v) is 25.7. The summed E-state index contributed by atoms with van der Waals surface area (Å²) in [5, 5.41) is 0.463. The summed E-state index contributed by atoms with van der Waals surface area (Å²) < 4.78 is 56.1. The van der Waals surface area contributed by atoms with Crippen LogP contribution in [0.4, 0.5) is 5.69 Å². The standard InChI is InChI=1S/C35H28NO6PS/c1-24-20-22-28(23-21-24)44(39,40)36-33-30-17-9-10-19-31(30)41-34(33)35(42-43(37)38,27-15-7-4-8-16-27)32-25(2)12-11-18-29(32)26-13-5-3-6-14-26/h3-23,36H,1-2H3/p+1. The van der Waals surface area contributed by atoms with E-state index in [9.17, 15) is 17.9 Å². The first-order chi connectivity index (χ1) is 21.2. The Bertz CT molecular complexity index is 2080. The van der Waals surface area contributed by atoms with Crippen molar-refractivity contribution < 1.29 is 26.8 Å². The molecule has 7 nitrogen and oxygen atoms in total. The van der Waals surface area contributed by atoms with E-state index >= 15 is 0 Å². The van der Waals surface area contributed by atoms with Crippen LogP contribution in [0.3, 0.4) is 0 Å². The van der Waals surface area contributed by atoms with Crippen molar-refractivity contribution in [3.8, 4) is 11.1 Å². The summed E-state index contributed by atoms with van der Waals surface area (Å²) in [6.07, 6.45) is 0. The summed E-state index contributed by atoms with van der Waals surface area (Å²) in [5.41, 5.74) is 2.81. The number of hydrogen-bond donors (Lipinski definition) is 2. The molecule has 0 aliphatic heterocycles. The van der Waals surface area contributed by atoms with E-state index in [0.717, 1.165) is 22.3 Å². The van der Waals surface area contributed by atoms with E-state index in [1.807, 2.05) is 68.4 Å². The van der Waals surface area contributed by atoms with E-state index in [-0.39, 0.29) is 16.3 Å². The summed E-state index contributed by atoms with van der Waals surface area (Å²) in [5.74, 6) is 0.0180. The second-order valence-corrected chi connectivity index (χ2v) is 12.8. The van der Waals surface area contributed by atoms with Crippen LogP contribution in [0, 0.1) is 13.8 Å². The first-order valence-electron chi connectivity index (χ1n) is 13.9. The molecule has 1 aromatic heterocycles. The number of furan rings is 1. The van der Waals surface area contributed by atoms with Crippen molar-refractivity contribution in [3.05, 3.63) is 155 Å². The molecule has 0 spiro atoms. The van der Waals surface area contributed by atoms with Crippen LogP contribution in [0.2, 0.25) is 0 Å². The smallest absolute Gasteiger partial charge is 0.455 e. The number of aryl methyl sites for hydroxylation is 2. The minimum Gasteiger partial charge on any atom is -0.455 e. The largest absolute Gasteiger partial charge is 0.696 e. The number of para-hydroxylation sites is 1. The Labute approximate surface area is 256 Å². The molecule has 0 aliphatic carbocycles. The fourth-order valence-electron chi connectivity index (χ4n) is 5.62. The highest BCUT2D eigenvalue weighted by molar-refractivity contribution is 7.92. The second kappa shape index (κ2) is 11.8. The molecule has 1 heterocycles. The minimum absolute atomic E-state index is 0.0180. The summed E-state index contributed by atoms with van der Waals surface area (Å²) in [6.45, 7) is 3.76. The summed E-state index contributed by atoms with van der Waals surface area (Å²) in [4.78, 5) is 10.6. The fourth-order valence-corrected chi connectivity index (χ4v) is 7.22. The van der Waals surface area contributed by atoms with Gasteiger partial charge < -0.3 is 4.42 Å². The molecule has 0 fully saturated rings. The molecule has 5 aromatic carbocycles. The lowest BCUT2D eigenvalue weighted by molar-refractivity contribution is 0.123. The van der Waals surface area contributed by atoms with Gasteiger partial charge >= 0.3 is 8.25 Å². The van der Waals surface area contributed by atoms with Gasteiger partial charge in [-0.25, -0.2) is 8.42 Å². The summed E-state index contributed by atoms with van der Waals surface area (Å²) in [6, 6.07) is 37.7. The van der Waals surface area contributed by atoms with Crippen LogP contribution in [0.25, 0.3) is 22.1 Å². The Morgan fingerprint density at radius 1 is 0.773 bits per heavy atom. The Balaban J connectivity index is 1.74. The molecule has 0 amide bonds. The van der Waals surface area contributed by atoms with Gasteiger partial charge in [-0.2, -0.15) is 0 Å². The van der Waals surface area contributed by atoms with Crippen molar-refractivity contribution in [3.63, 3.8) is 0 Å². The molecule has 0 saturated heterocycles. The van der Waals surface area contributed by atoms with E-state index in [0.29, 0.717) is 22.1 Å². The Morgan fingerprint density at radius 2 is 1.41 bits per heavy atom. The number of fused-ring (bicyclic) bond motifs is 1. The minimum atomic E-state index is -4.14. The van der Waals surface area contributed by atoms with Crippen molar-refractivity contribution in [2.75, 3.05) is 4.72 Å². The fraction of sp³-hybridized carbons (Fsp3) is 0.0857. The van der Waals surface area contributed by atoms with Crippen LogP contribution in [0.5, 0.6) is 0 Å². The second-order valence-electron chi connectivity index (χ2n) is 10.5. The predicted octanol–water partition coefficient (Wildman–Crippen LogP) is 8.48. The lowest BCUT2D eigenvalue weighted by Crippen LogP contribution is -2.33. The van der Waals surface area contributed by atoms with E-state index in [4.69, 9.17) is 8.94 Å². The topological polar surface area (TPSA) is 106 Å². The molecule has 0 bridgehead atoms. The van der Waals surface area contributed by atoms with Gasteiger partial charge in [-0.1, -0.05) is 113 Å². The van der Waals surface area contributed by atoms with Crippen LogP contribution in [0.15, 0.2) is 137 Å². The maximum absolute atomic E-state index is 13.9. The van der Waals surface area contributed by atoms with Gasteiger partial charge in [-0.3, -0.25) is 4.72 Å². The number of hydrogen-bond acceptors (Lipinski definition) is 5. The normalized spacial score (nSPS) is 13.4. The lowest BCUT2D eigenvalue weighted by atomic mass is 9.77. The molecule has 6 aromatic rings. The van der Waals surface area contributed by atoms with Gasteiger partial charge in [-0.05, 0) is 54.8 Å². The number of rotatable bonds is 9. The molecule has 2 atom stereocenters. The van der Waals surface area contributed by atoms with Crippen molar-refractivity contribution >= 4 is 34.9 Å². The Hall–Kier alpha value is -4.59. The first kappa shape index (κ1) is 29.5. The SMILES string of the molecule is Cc1ccc(S(=O)(=O)Nc2c(C(O[P+](=O)O)(c3ccccc3)c3c(C)cccc3-c3ccccc3)oc3ccccc23)cc1. The zero-order chi connectivity index (χ0) is 30.9. The molecule has 0 saturated carbocycles. The van der Waals surface area contributed by atoms with Gasteiger partial charge in [0.05, 0.1) is 4.90 Å². The molecule has 9 heteroatoms. The third-order valence-electron chi connectivity index (χ3n) is 7.59. The summed E-state index contributed by atoms with van der Waals surface area (Å²) in [7, 11) is -7.40. The monoisotopic (exact) mass is 622 g/mol. The first-order valence-corrected chi connectivity index (χ1v) is 16.5. The van der Waals surface area contributed by atoms with Crippen LogP contribution in [0.1, 0.15) is 28.0 Å². The van der Waals surface area contributed by atoms with Crippen molar-refractivity contribution in [2.45, 2.75) is 24.3 Å². The highest BCUT2D eigenvalue weighted by Crippen LogP contribution is 2.54. The Kier molecular flexibility index (Phi) is 7.93. The number of nitrogens with one attached hydrogen (secondary N) is 1. The third kappa shape index (κ3) is 5.34.